The molecule has 0 saturated carbocycles. The van der Waals surface area contributed by atoms with Crippen molar-refractivity contribution in [3.05, 3.63) is 53.6 Å². The summed E-state index contributed by atoms with van der Waals surface area (Å²) in [5.74, 6) is 3.59. The second-order valence-corrected chi connectivity index (χ2v) is 7.22. The lowest BCUT2D eigenvalue weighted by Gasteiger charge is -2.19. The zero-order chi connectivity index (χ0) is 18.4. The quantitative estimate of drug-likeness (QED) is 0.772. The van der Waals surface area contributed by atoms with E-state index in [4.69, 9.17) is 15.9 Å². The zero-order valence-electron chi connectivity index (χ0n) is 14.4. The number of hydrogen-bond donors (Lipinski definition) is 1. The molecule has 5 nitrogen and oxygen atoms in total. The fourth-order valence-corrected chi connectivity index (χ4v) is 3.61. The summed E-state index contributed by atoms with van der Waals surface area (Å²) in [4.78, 5) is 0.195. The lowest BCUT2D eigenvalue weighted by molar-refractivity contribution is 0.354. The Morgan fingerprint density at radius 2 is 1.72 bits per heavy atom. The van der Waals surface area contributed by atoms with Crippen LogP contribution >= 0.6 is 0 Å². The number of nitrogens with one attached hydrogen (secondary N) is 1. The smallest absolute Gasteiger partial charge is 0.241 e. The standard InChI is InChI=1S/C19H21NO4S/c1-5-6-17(15-9-12-18(23-3)19(13-15)24-4)20-25(21,22)16-10-7-14(2)8-11-16/h1,7-13,17,20H,6H2,2-4H3. The largest absolute Gasteiger partial charge is 0.493 e. The third kappa shape index (κ3) is 4.53. The van der Waals surface area contributed by atoms with Gasteiger partial charge in [-0.05, 0) is 36.8 Å². The van der Waals surface area contributed by atoms with Gasteiger partial charge in [0.15, 0.2) is 11.5 Å². The summed E-state index contributed by atoms with van der Waals surface area (Å²) in [5, 5.41) is 0. The Morgan fingerprint density at radius 1 is 1.08 bits per heavy atom. The minimum Gasteiger partial charge on any atom is -0.493 e. The predicted octanol–water partition coefficient (Wildman–Crippen LogP) is 3.06. The van der Waals surface area contributed by atoms with Crippen molar-refractivity contribution in [2.24, 2.45) is 0 Å². The highest BCUT2D eigenvalue weighted by Crippen LogP contribution is 2.31. The van der Waals surface area contributed by atoms with Gasteiger partial charge in [-0.1, -0.05) is 23.8 Å². The minimum atomic E-state index is -3.70. The molecule has 25 heavy (non-hydrogen) atoms. The van der Waals surface area contributed by atoms with E-state index >= 15 is 0 Å². The first-order valence-electron chi connectivity index (χ1n) is 7.65. The van der Waals surface area contributed by atoms with E-state index in [1.54, 1.807) is 42.5 Å². The van der Waals surface area contributed by atoms with Crippen LogP contribution < -0.4 is 14.2 Å². The molecule has 0 bridgehead atoms. The molecule has 0 spiro atoms. The molecule has 0 aliphatic rings. The van der Waals surface area contributed by atoms with Crippen LogP contribution in [0.2, 0.25) is 0 Å². The van der Waals surface area contributed by atoms with Gasteiger partial charge in [0.1, 0.15) is 0 Å². The van der Waals surface area contributed by atoms with Gasteiger partial charge in [0.25, 0.3) is 0 Å². The SMILES string of the molecule is C#CCC(NS(=O)(=O)c1ccc(C)cc1)c1ccc(OC)c(OC)c1. The molecule has 0 heterocycles. The van der Waals surface area contributed by atoms with Gasteiger partial charge in [0, 0.05) is 6.42 Å². The number of rotatable bonds is 7. The number of sulfonamides is 1. The second-order valence-electron chi connectivity index (χ2n) is 5.51. The third-order valence-corrected chi connectivity index (χ3v) is 5.25. The third-order valence-electron chi connectivity index (χ3n) is 3.76. The zero-order valence-corrected chi connectivity index (χ0v) is 15.3. The van der Waals surface area contributed by atoms with E-state index in [0.29, 0.717) is 17.1 Å². The van der Waals surface area contributed by atoms with Crippen molar-refractivity contribution in [2.75, 3.05) is 14.2 Å². The molecule has 0 fully saturated rings. The van der Waals surface area contributed by atoms with E-state index in [-0.39, 0.29) is 11.3 Å². The summed E-state index contributed by atoms with van der Waals surface area (Å²) < 4.78 is 38.4. The molecule has 0 radical (unpaired) electrons. The van der Waals surface area contributed by atoms with Crippen LogP contribution in [-0.2, 0) is 10.0 Å². The molecule has 0 aliphatic heterocycles. The first-order valence-corrected chi connectivity index (χ1v) is 9.14. The van der Waals surface area contributed by atoms with E-state index in [1.165, 1.54) is 14.2 Å². The van der Waals surface area contributed by atoms with Gasteiger partial charge in [-0.2, -0.15) is 0 Å². The van der Waals surface area contributed by atoms with Crippen LogP contribution in [-0.4, -0.2) is 22.6 Å². The fourth-order valence-electron chi connectivity index (χ4n) is 2.39. The summed E-state index contributed by atoms with van der Waals surface area (Å²) >= 11 is 0. The highest BCUT2D eigenvalue weighted by atomic mass is 32.2. The Bertz CT molecular complexity index is 867. The molecule has 6 heteroatoms. The highest BCUT2D eigenvalue weighted by molar-refractivity contribution is 7.89. The van der Waals surface area contributed by atoms with Gasteiger partial charge in [-0.25, -0.2) is 13.1 Å². The summed E-state index contributed by atoms with van der Waals surface area (Å²) in [6.07, 6.45) is 5.64. The van der Waals surface area contributed by atoms with Crippen molar-refractivity contribution >= 4 is 10.0 Å². The molecule has 2 aromatic rings. The Kier molecular flexibility index (Phi) is 6.07. The highest BCUT2D eigenvalue weighted by Gasteiger charge is 2.22. The Hall–Kier alpha value is -2.49. The number of methoxy groups -OCH3 is 2. The molecule has 2 aromatic carbocycles. The predicted molar refractivity (Wildman–Crippen MR) is 97.2 cm³/mol. The number of hydrogen-bond acceptors (Lipinski definition) is 4. The molecule has 0 aromatic heterocycles. The Labute approximate surface area is 149 Å². The number of aryl methyl sites for hydroxylation is 1. The number of ether oxygens (including phenoxy) is 2. The van der Waals surface area contributed by atoms with Gasteiger partial charge in [0.05, 0.1) is 25.2 Å². The first kappa shape index (κ1) is 18.8. The Balaban J connectivity index is 2.35. The van der Waals surface area contributed by atoms with E-state index in [1.807, 2.05) is 6.92 Å². The van der Waals surface area contributed by atoms with E-state index < -0.39 is 16.1 Å². The van der Waals surface area contributed by atoms with Crippen LogP contribution in [0.4, 0.5) is 0 Å². The molecule has 1 atom stereocenters. The van der Waals surface area contributed by atoms with Crippen LogP contribution in [0.15, 0.2) is 47.4 Å². The van der Waals surface area contributed by atoms with Crippen molar-refractivity contribution < 1.29 is 17.9 Å². The molecule has 2 rings (SSSR count). The monoisotopic (exact) mass is 359 g/mol. The summed E-state index contributed by atoms with van der Waals surface area (Å²) in [7, 11) is -0.639. The van der Waals surface area contributed by atoms with Gasteiger partial charge < -0.3 is 9.47 Å². The average Bonchev–Trinajstić information content (AvgIpc) is 2.61. The van der Waals surface area contributed by atoms with Gasteiger partial charge >= 0.3 is 0 Å². The molecular formula is C19H21NO4S. The molecule has 0 saturated heterocycles. The molecule has 132 valence electrons. The van der Waals surface area contributed by atoms with Crippen LogP contribution in [0.5, 0.6) is 11.5 Å². The van der Waals surface area contributed by atoms with E-state index in [2.05, 4.69) is 10.6 Å². The van der Waals surface area contributed by atoms with Crippen LogP contribution in [0, 0.1) is 19.3 Å². The van der Waals surface area contributed by atoms with Crippen LogP contribution in [0.1, 0.15) is 23.6 Å². The van der Waals surface area contributed by atoms with Crippen molar-refractivity contribution in [2.45, 2.75) is 24.3 Å². The maximum atomic E-state index is 12.6. The summed E-state index contributed by atoms with van der Waals surface area (Å²) in [6.45, 7) is 1.90. The maximum absolute atomic E-state index is 12.6. The fraction of sp³-hybridized carbons (Fsp3) is 0.263. The van der Waals surface area contributed by atoms with Crippen molar-refractivity contribution in [1.29, 1.82) is 0 Å². The molecular weight excluding hydrogens is 338 g/mol. The lowest BCUT2D eigenvalue weighted by Crippen LogP contribution is -2.28. The van der Waals surface area contributed by atoms with Gasteiger partial charge in [0.2, 0.25) is 10.0 Å². The first-order chi connectivity index (χ1) is 11.9. The normalized spacial score (nSPS) is 12.2. The van der Waals surface area contributed by atoms with E-state index in [9.17, 15) is 8.42 Å². The van der Waals surface area contributed by atoms with Crippen LogP contribution in [0.25, 0.3) is 0 Å². The summed E-state index contributed by atoms with van der Waals surface area (Å²) in [5.41, 5.74) is 1.69. The van der Waals surface area contributed by atoms with E-state index in [0.717, 1.165) is 5.56 Å². The average molecular weight is 359 g/mol. The topological polar surface area (TPSA) is 64.6 Å². The second kappa shape index (κ2) is 8.06. The van der Waals surface area contributed by atoms with Crippen molar-refractivity contribution in [3.63, 3.8) is 0 Å². The Morgan fingerprint density at radius 3 is 2.28 bits per heavy atom. The molecule has 1 unspecified atom stereocenters. The summed E-state index contributed by atoms with van der Waals surface area (Å²) in [6, 6.07) is 11.3. The molecule has 1 N–H and O–H groups in total. The molecule has 0 amide bonds. The van der Waals surface area contributed by atoms with Gasteiger partial charge in [-0.15, -0.1) is 12.3 Å². The van der Waals surface area contributed by atoms with Crippen molar-refractivity contribution in [1.82, 2.24) is 4.72 Å². The van der Waals surface area contributed by atoms with Crippen LogP contribution in [0.3, 0.4) is 0 Å². The minimum absolute atomic E-state index is 0.195. The number of terminal acetylenes is 1. The lowest BCUT2D eigenvalue weighted by atomic mass is 10.0. The number of benzene rings is 2. The van der Waals surface area contributed by atoms with Crippen molar-refractivity contribution in [3.8, 4) is 23.8 Å². The molecule has 0 aliphatic carbocycles. The van der Waals surface area contributed by atoms with Gasteiger partial charge in [-0.3, -0.25) is 0 Å². The maximum Gasteiger partial charge on any atom is 0.241 e.